The molecule has 0 amide bonds. The van der Waals surface area contributed by atoms with Crippen LogP contribution in [0.1, 0.15) is 50.6 Å². The van der Waals surface area contributed by atoms with E-state index in [0.29, 0.717) is 11.8 Å². The van der Waals surface area contributed by atoms with Crippen LogP contribution >= 0.6 is 0 Å². The summed E-state index contributed by atoms with van der Waals surface area (Å²) in [6.07, 6.45) is 5.88. The van der Waals surface area contributed by atoms with Crippen molar-refractivity contribution in [3.05, 3.63) is 35.9 Å². The maximum absolute atomic E-state index is 8.96. The highest BCUT2D eigenvalue weighted by Gasteiger charge is 2.29. The fourth-order valence-corrected chi connectivity index (χ4v) is 2.86. The Kier molecular flexibility index (Phi) is 4.38. The van der Waals surface area contributed by atoms with Gasteiger partial charge in [0.2, 0.25) is 0 Å². The van der Waals surface area contributed by atoms with Crippen molar-refractivity contribution in [1.29, 1.82) is 5.26 Å². The second-order valence-corrected chi connectivity index (χ2v) is 5.72. The van der Waals surface area contributed by atoms with Gasteiger partial charge in [0.15, 0.2) is 0 Å². The van der Waals surface area contributed by atoms with Crippen LogP contribution in [0.25, 0.3) is 0 Å². The zero-order chi connectivity index (χ0) is 12.8. The molecule has 0 aliphatic heterocycles. The molecule has 1 aliphatic rings. The van der Waals surface area contributed by atoms with Gasteiger partial charge in [-0.15, -0.1) is 0 Å². The first-order chi connectivity index (χ1) is 8.73. The second kappa shape index (κ2) is 6.02. The molecular weight excluding hydrogens is 220 g/mol. The van der Waals surface area contributed by atoms with Crippen LogP contribution in [-0.4, -0.2) is 6.54 Å². The minimum Gasteiger partial charge on any atom is -0.309 e. The molecule has 0 saturated heterocycles. The molecule has 2 heteroatoms. The maximum atomic E-state index is 8.96. The molecule has 1 N–H and O–H groups in total. The molecule has 0 heterocycles. The van der Waals surface area contributed by atoms with Gasteiger partial charge in [0.1, 0.15) is 0 Å². The molecule has 0 spiro atoms. The lowest BCUT2D eigenvalue weighted by atomic mass is 9.88. The van der Waals surface area contributed by atoms with Gasteiger partial charge in [-0.1, -0.05) is 50.1 Å². The fraction of sp³-hybridized carbons (Fsp3) is 0.562. The molecule has 0 radical (unpaired) electrons. The molecule has 0 aromatic heterocycles. The van der Waals surface area contributed by atoms with E-state index in [1.165, 1.54) is 31.2 Å². The van der Waals surface area contributed by atoms with Gasteiger partial charge >= 0.3 is 0 Å². The highest BCUT2D eigenvalue weighted by molar-refractivity contribution is 5.20. The maximum Gasteiger partial charge on any atom is 0.0641 e. The van der Waals surface area contributed by atoms with Crippen LogP contribution in [0.5, 0.6) is 0 Å². The Morgan fingerprint density at radius 3 is 2.56 bits per heavy atom. The van der Waals surface area contributed by atoms with Gasteiger partial charge in [-0.2, -0.15) is 5.26 Å². The van der Waals surface area contributed by atoms with Crippen molar-refractivity contribution in [1.82, 2.24) is 5.32 Å². The molecule has 1 fully saturated rings. The van der Waals surface area contributed by atoms with Crippen LogP contribution in [0.3, 0.4) is 0 Å². The predicted molar refractivity (Wildman–Crippen MR) is 74.0 cm³/mol. The van der Waals surface area contributed by atoms with Crippen LogP contribution in [0.4, 0.5) is 0 Å². The molecule has 96 valence electrons. The molecule has 1 atom stereocenters. The summed E-state index contributed by atoms with van der Waals surface area (Å²) in [5.74, 6) is 0. The van der Waals surface area contributed by atoms with Gasteiger partial charge in [0.25, 0.3) is 0 Å². The molecule has 1 aromatic carbocycles. The van der Waals surface area contributed by atoms with Crippen molar-refractivity contribution in [2.45, 2.75) is 45.1 Å². The summed E-state index contributed by atoms with van der Waals surface area (Å²) in [7, 11) is 0. The topological polar surface area (TPSA) is 35.8 Å². The van der Waals surface area contributed by atoms with E-state index in [-0.39, 0.29) is 6.04 Å². The van der Waals surface area contributed by atoms with Crippen molar-refractivity contribution < 1.29 is 0 Å². The molecular formula is C16H22N2. The summed E-state index contributed by atoms with van der Waals surface area (Å²) < 4.78 is 0. The normalized spacial score (nSPS) is 19.3. The lowest BCUT2D eigenvalue weighted by Gasteiger charge is -2.27. The van der Waals surface area contributed by atoms with E-state index in [9.17, 15) is 0 Å². The molecule has 18 heavy (non-hydrogen) atoms. The average Bonchev–Trinajstić information content (AvgIpc) is 2.83. The predicted octanol–water partition coefficient (Wildman–Crippen LogP) is 3.81. The van der Waals surface area contributed by atoms with E-state index in [4.69, 9.17) is 5.26 Å². The molecule has 0 bridgehead atoms. The monoisotopic (exact) mass is 242 g/mol. The third-order valence-corrected chi connectivity index (χ3v) is 4.08. The zero-order valence-electron chi connectivity index (χ0n) is 11.2. The summed E-state index contributed by atoms with van der Waals surface area (Å²) in [5, 5.41) is 12.6. The third kappa shape index (κ3) is 3.34. The quantitative estimate of drug-likeness (QED) is 0.852. The highest BCUT2D eigenvalue weighted by atomic mass is 14.9. The smallest absolute Gasteiger partial charge is 0.0641 e. The summed E-state index contributed by atoms with van der Waals surface area (Å²) in [6, 6.07) is 12.8. The van der Waals surface area contributed by atoms with Crippen LogP contribution < -0.4 is 5.32 Å². The Hall–Kier alpha value is -1.33. The van der Waals surface area contributed by atoms with Gasteiger partial charge in [-0.3, -0.25) is 0 Å². The Bertz CT molecular complexity index is 399. The van der Waals surface area contributed by atoms with E-state index in [1.807, 2.05) is 18.2 Å². The minimum absolute atomic E-state index is 0.175. The Morgan fingerprint density at radius 2 is 1.94 bits per heavy atom. The number of hydrogen-bond donors (Lipinski definition) is 1. The number of rotatable bonds is 5. The van der Waals surface area contributed by atoms with Gasteiger partial charge in [-0.05, 0) is 23.8 Å². The number of nitriles is 1. The zero-order valence-corrected chi connectivity index (χ0v) is 11.2. The van der Waals surface area contributed by atoms with Gasteiger partial charge in [-0.25, -0.2) is 0 Å². The summed E-state index contributed by atoms with van der Waals surface area (Å²) >= 11 is 0. The van der Waals surface area contributed by atoms with Gasteiger partial charge in [0, 0.05) is 12.6 Å². The van der Waals surface area contributed by atoms with Crippen LogP contribution in [0.15, 0.2) is 30.3 Å². The SMILES string of the molecule is CC1(CNC(CC#N)c2ccccc2)CCCC1. The first-order valence-electron chi connectivity index (χ1n) is 6.89. The van der Waals surface area contributed by atoms with Crippen LogP contribution in [0, 0.1) is 16.7 Å². The minimum atomic E-state index is 0.175. The first-order valence-corrected chi connectivity index (χ1v) is 6.89. The summed E-state index contributed by atoms with van der Waals surface area (Å²) in [5.41, 5.74) is 1.66. The highest BCUT2D eigenvalue weighted by Crippen LogP contribution is 2.37. The van der Waals surface area contributed by atoms with Crippen LogP contribution in [0.2, 0.25) is 0 Å². The average molecular weight is 242 g/mol. The van der Waals surface area contributed by atoms with Crippen LogP contribution in [-0.2, 0) is 0 Å². The molecule has 1 aliphatic carbocycles. The number of hydrogen-bond acceptors (Lipinski definition) is 2. The van der Waals surface area contributed by atoms with E-state index in [1.54, 1.807) is 0 Å². The van der Waals surface area contributed by atoms with E-state index in [2.05, 4.69) is 30.4 Å². The van der Waals surface area contributed by atoms with E-state index < -0.39 is 0 Å². The molecule has 1 saturated carbocycles. The largest absolute Gasteiger partial charge is 0.309 e. The summed E-state index contributed by atoms with van der Waals surface area (Å²) in [4.78, 5) is 0. The second-order valence-electron chi connectivity index (χ2n) is 5.72. The first kappa shape index (κ1) is 13.1. The van der Waals surface area contributed by atoms with Crippen molar-refractivity contribution in [2.24, 2.45) is 5.41 Å². The van der Waals surface area contributed by atoms with Crippen molar-refractivity contribution in [3.8, 4) is 6.07 Å². The number of nitrogens with zero attached hydrogens (tertiary/aromatic N) is 1. The number of nitrogens with one attached hydrogen (secondary N) is 1. The standard InChI is InChI=1S/C16H22N2/c1-16(10-5-6-11-16)13-18-15(9-12-17)14-7-3-2-4-8-14/h2-4,7-8,15,18H,5-6,9-11,13H2,1H3. The van der Waals surface area contributed by atoms with E-state index in [0.717, 1.165) is 6.54 Å². The number of benzene rings is 1. The van der Waals surface area contributed by atoms with Crippen molar-refractivity contribution >= 4 is 0 Å². The van der Waals surface area contributed by atoms with Crippen molar-refractivity contribution in [3.63, 3.8) is 0 Å². The molecule has 1 aromatic rings. The Morgan fingerprint density at radius 1 is 1.28 bits per heavy atom. The Labute approximate surface area is 110 Å². The van der Waals surface area contributed by atoms with E-state index >= 15 is 0 Å². The molecule has 2 nitrogen and oxygen atoms in total. The fourth-order valence-electron chi connectivity index (χ4n) is 2.86. The lowest BCUT2D eigenvalue weighted by molar-refractivity contribution is 0.298. The summed E-state index contributed by atoms with van der Waals surface area (Å²) in [6.45, 7) is 3.38. The van der Waals surface area contributed by atoms with Gasteiger partial charge in [0.05, 0.1) is 12.5 Å². The van der Waals surface area contributed by atoms with Gasteiger partial charge < -0.3 is 5.32 Å². The molecule has 2 rings (SSSR count). The third-order valence-electron chi connectivity index (χ3n) is 4.08. The van der Waals surface area contributed by atoms with Crippen molar-refractivity contribution in [2.75, 3.05) is 6.54 Å². The Balaban J connectivity index is 1.97. The lowest BCUT2D eigenvalue weighted by Crippen LogP contribution is -2.32. The molecule has 1 unspecified atom stereocenters.